The van der Waals surface area contributed by atoms with E-state index in [4.69, 9.17) is 10.8 Å². The maximum absolute atomic E-state index is 13.1. The summed E-state index contributed by atoms with van der Waals surface area (Å²) in [6.07, 6.45) is -2.57. The van der Waals surface area contributed by atoms with Crippen molar-refractivity contribution in [2.75, 3.05) is 30.3 Å². The zero-order valence-corrected chi connectivity index (χ0v) is 10.4. The number of hydrogen-bond donors (Lipinski definition) is 2. The van der Waals surface area contributed by atoms with Gasteiger partial charge in [-0.25, -0.2) is 13.2 Å². The van der Waals surface area contributed by atoms with Crippen molar-refractivity contribution in [2.45, 2.75) is 6.43 Å². The highest BCUT2D eigenvalue weighted by Gasteiger charge is 2.16. The van der Waals surface area contributed by atoms with E-state index in [1.807, 2.05) is 0 Å². The molecule has 3 nitrogen and oxygen atoms in total. The van der Waals surface area contributed by atoms with Crippen LogP contribution in [0.4, 0.5) is 24.5 Å². The highest BCUT2D eigenvalue weighted by atomic mass is 79.9. The number of benzene rings is 1. The maximum atomic E-state index is 13.1. The largest absolute Gasteiger partial charge is 0.397 e. The Labute approximate surface area is 105 Å². The number of nitrogens with two attached hydrogens (primary N) is 1. The van der Waals surface area contributed by atoms with Crippen LogP contribution in [0.5, 0.6) is 0 Å². The van der Waals surface area contributed by atoms with E-state index >= 15 is 0 Å². The molecule has 0 saturated heterocycles. The SMILES string of the molecule is Nc1cc(F)c(Br)cc1N(CCO)CC(F)F. The van der Waals surface area contributed by atoms with Gasteiger partial charge in [-0.3, -0.25) is 0 Å². The number of halogens is 4. The molecule has 17 heavy (non-hydrogen) atoms. The van der Waals surface area contributed by atoms with Crippen LogP contribution in [0.2, 0.25) is 0 Å². The molecule has 0 aromatic heterocycles. The number of anilines is 2. The lowest BCUT2D eigenvalue weighted by atomic mass is 10.2. The van der Waals surface area contributed by atoms with E-state index in [1.165, 1.54) is 11.0 Å². The van der Waals surface area contributed by atoms with E-state index < -0.39 is 18.8 Å². The van der Waals surface area contributed by atoms with Gasteiger partial charge in [0.2, 0.25) is 0 Å². The predicted octanol–water partition coefficient (Wildman–Crippen LogP) is 2.23. The Bertz CT molecular complexity index is 390. The molecule has 0 aliphatic rings. The van der Waals surface area contributed by atoms with Crippen LogP contribution in [0.1, 0.15) is 0 Å². The summed E-state index contributed by atoms with van der Waals surface area (Å²) in [7, 11) is 0. The number of nitrogen functional groups attached to an aromatic ring is 1. The molecule has 0 atom stereocenters. The summed E-state index contributed by atoms with van der Waals surface area (Å²) < 4.78 is 38.0. The molecular weight excluding hydrogens is 301 g/mol. The lowest BCUT2D eigenvalue weighted by Crippen LogP contribution is -2.32. The normalized spacial score (nSPS) is 10.9. The van der Waals surface area contributed by atoms with Crippen LogP contribution >= 0.6 is 15.9 Å². The molecule has 1 aromatic rings. The average Bonchev–Trinajstić information content (AvgIpc) is 2.22. The second-order valence-electron chi connectivity index (χ2n) is 3.39. The lowest BCUT2D eigenvalue weighted by molar-refractivity contribution is 0.153. The number of rotatable bonds is 5. The summed E-state index contributed by atoms with van der Waals surface area (Å²) in [5, 5.41) is 8.81. The second-order valence-corrected chi connectivity index (χ2v) is 4.24. The molecular formula is C10H12BrF3N2O. The zero-order valence-electron chi connectivity index (χ0n) is 8.84. The Balaban J connectivity index is 3.04. The Morgan fingerprint density at radius 2 is 2.06 bits per heavy atom. The summed E-state index contributed by atoms with van der Waals surface area (Å²) in [4.78, 5) is 1.21. The molecule has 7 heteroatoms. The number of nitrogens with zero attached hydrogens (tertiary/aromatic N) is 1. The smallest absolute Gasteiger partial charge is 0.255 e. The maximum Gasteiger partial charge on any atom is 0.255 e. The molecule has 0 aliphatic heterocycles. The Hall–Kier alpha value is -0.950. The molecule has 0 unspecified atom stereocenters. The van der Waals surface area contributed by atoms with Crippen molar-refractivity contribution in [1.82, 2.24) is 0 Å². The van der Waals surface area contributed by atoms with Gasteiger partial charge in [-0.2, -0.15) is 0 Å². The Morgan fingerprint density at radius 3 is 2.59 bits per heavy atom. The molecule has 0 radical (unpaired) electrons. The third-order valence-electron chi connectivity index (χ3n) is 2.14. The summed E-state index contributed by atoms with van der Waals surface area (Å²) in [5.74, 6) is -0.563. The van der Waals surface area contributed by atoms with Crippen molar-refractivity contribution in [2.24, 2.45) is 0 Å². The first-order chi connectivity index (χ1) is 7.95. The molecule has 0 amide bonds. The van der Waals surface area contributed by atoms with Crippen molar-refractivity contribution in [1.29, 1.82) is 0 Å². The van der Waals surface area contributed by atoms with Crippen molar-refractivity contribution in [3.8, 4) is 0 Å². The van der Waals surface area contributed by atoms with Gasteiger partial charge in [0, 0.05) is 12.6 Å². The number of aliphatic hydroxyl groups is 1. The molecule has 0 fully saturated rings. The summed E-state index contributed by atoms with van der Waals surface area (Å²) in [6, 6.07) is 2.37. The third kappa shape index (κ3) is 3.78. The number of hydrogen-bond acceptors (Lipinski definition) is 3. The van der Waals surface area contributed by atoms with Crippen LogP contribution in [0.15, 0.2) is 16.6 Å². The predicted molar refractivity (Wildman–Crippen MR) is 63.8 cm³/mol. The summed E-state index contributed by atoms with van der Waals surface area (Å²) in [6.45, 7) is -0.851. The minimum Gasteiger partial charge on any atom is -0.397 e. The van der Waals surface area contributed by atoms with Gasteiger partial charge in [-0.05, 0) is 22.0 Å². The van der Waals surface area contributed by atoms with Crippen LogP contribution in [-0.4, -0.2) is 31.2 Å². The van der Waals surface area contributed by atoms with Crippen molar-refractivity contribution >= 4 is 27.3 Å². The van der Waals surface area contributed by atoms with Gasteiger partial charge >= 0.3 is 0 Å². The topological polar surface area (TPSA) is 49.5 Å². The molecule has 96 valence electrons. The average molecular weight is 313 g/mol. The first-order valence-corrected chi connectivity index (χ1v) is 5.63. The van der Waals surface area contributed by atoms with Gasteiger partial charge in [-0.1, -0.05) is 0 Å². The first-order valence-electron chi connectivity index (χ1n) is 4.84. The van der Waals surface area contributed by atoms with E-state index in [1.54, 1.807) is 0 Å². The van der Waals surface area contributed by atoms with Crippen LogP contribution in [0, 0.1) is 5.82 Å². The standard InChI is InChI=1S/C10H12BrF3N2O/c11-6-3-9(8(15)4-7(6)12)16(1-2-17)5-10(13)14/h3-4,10,17H,1-2,5,15H2. The number of aliphatic hydroxyl groups excluding tert-OH is 1. The monoisotopic (exact) mass is 312 g/mol. The van der Waals surface area contributed by atoms with Gasteiger partial charge in [0.25, 0.3) is 6.43 Å². The number of alkyl halides is 2. The highest BCUT2D eigenvalue weighted by Crippen LogP contribution is 2.30. The third-order valence-corrected chi connectivity index (χ3v) is 2.75. The fourth-order valence-electron chi connectivity index (χ4n) is 1.42. The molecule has 0 heterocycles. The molecule has 0 bridgehead atoms. The minimum absolute atomic E-state index is 0.00656. The zero-order chi connectivity index (χ0) is 13.0. The summed E-state index contributed by atoms with van der Waals surface area (Å²) in [5.41, 5.74) is 5.89. The van der Waals surface area contributed by atoms with Crippen molar-refractivity contribution in [3.63, 3.8) is 0 Å². The van der Waals surface area contributed by atoms with Crippen LogP contribution < -0.4 is 10.6 Å². The lowest BCUT2D eigenvalue weighted by Gasteiger charge is -2.25. The van der Waals surface area contributed by atoms with E-state index in [9.17, 15) is 13.2 Å². The Morgan fingerprint density at radius 1 is 1.41 bits per heavy atom. The Kier molecular flexibility index (Phi) is 5.07. The van der Waals surface area contributed by atoms with Gasteiger partial charge in [0.1, 0.15) is 5.82 Å². The molecule has 1 aromatic carbocycles. The van der Waals surface area contributed by atoms with E-state index in [2.05, 4.69) is 15.9 Å². The first kappa shape index (κ1) is 14.1. The van der Waals surface area contributed by atoms with E-state index in [0.717, 1.165) is 6.07 Å². The molecule has 0 aliphatic carbocycles. The van der Waals surface area contributed by atoms with Gasteiger partial charge in [0.05, 0.1) is 29.0 Å². The van der Waals surface area contributed by atoms with Crippen LogP contribution in [0.3, 0.4) is 0 Å². The quantitative estimate of drug-likeness (QED) is 0.820. The fourth-order valence-corrected chi connectivity index (χ4v) is 1.75. The van der Waals surface area contributed by atoms with Gasteiger partial charge < -0.3 is 15.7 Å². The van der Waals surface area contributed by atoms with E-state index in [0.29, 0.717) is 0 Å². The molecule has 0 spiro atoms. The van der Waals surface area contributed by atoms with Gasteiger partial charge in [-0.15, -0.1) is 0 Å². The van der Waals surface area contributed by atoms with Crippen molar-refractivity contribution in [3.05, 3.63) is 22.4 Å². The second kappa shape index (κ2) is 6.11. The van der Waals surface area contributed by atoms with Crippen molar-refractivity contribution < 1.29 is 18.3 Å². The molecule has 1 rings (SSSR count). The summed E-state index contributed by atoms with van der Waals surface area (Å²) >= 11 is 2.96. The van der Waals surface area contributed by atoms with E-state index in [-0.39, 0.29) is 29.0 Å². The fraction of sp³-hybridized carbons (Fsp3) is 0.400. The van der Waals surface area contributed by atoms with Crippen LogP contribution in [0.25, 0.3) is 0 Å². The molecule has 3 N–H and O–H groups in total. The minimum atomic E-state index is -2.57. The molecule has 0 saturated carbocycles. The highest BCUT2D eigenvalue weighted by molar-refractivity contribution is 9.10. The van der Waals surface area contributed by atoms with Crippen LogP contribution in [-0.2, 0) is 0 Å². The van der Waals surface area contributed by atoms with Gasteiger partial charge in [0.15, 0.2) is 0 Å².